The molecule has 7 heteroatoms. The van der Waals surface area contributed by atoms with Gasteiger partial charge in [0.1, 0.15) is 17.5 Å². The molecule has 164 valence electrons. The van der Waals surface area contributed by atoms with Crippen molar-refractivity contribution in [1.82, 2.24) is 4.98 Å². The van der Waals surface area contributed by atoms with Crippen LogP contribution in [0.25, 0.3) is 0 Å². The number of carbonyl (C=O) groups excluding carboxylic acids is 1. The van der Waals surface area contributed by atoms with Crippen molar-refractivity contribution < 1.29 is 9.53 Å². The summed E-state index contributed by atoms with van der Waals surface area (Å²) in [7, 11) is 0. The SMILES string of the molecule is Cc1nc(N2N=C(c3ccc4c(c3)C(C)(C)OC(=O)N4)CC2C2CCCC2)ccc1C#N. The number of hydrogen-bond donors (Lipinski definition) is 1. The monoisotopic (exact) mass is 429 g/mol. The van der Waals surface area contributed by atoms with Crippen molar-refractivity contribution in [2.45, 2.75) is 64.5 Å². The number of carbonyl (C=O) groups is 1. The lowest BCUT2D eigenvalue weighted by atomic mass is 9.89. The highest BCUT2D eigenvalue weighted by atomic mass is 16.6. The Kier molecular flexibility index (Phi) is 4.89. The Hall–Kier alpha value is -3.40. The van der Waals surface area contributed by atoms with Crippen LogP contribution in [0.3, 0.4) is 0 Å². The molecule has 3 heterocycles. The highest BCUT2D eigenvalue weighted by Crippen LogP contribution is 2.40. The van der Waals surface area contributed by atoms with Gasteiger partial charge in [-0.15, -0.1) is 0 Å². The number of benzene rings is 1. The third-order valence-electron chi connectivity index (χ3n) is 6.90. The number of hydrogen-bond acceptors (Lipinski definition) is 6. The number of ether oxygens (including phenoxy) is 1. The van der Waals surface area contributed by atoms with E-state index in [0.717, 1.165) is 40.5 Å². The first kappa shape index (κ1) is 20.5. The molecule has 7 nitrogen and oxygen atoms in total. The summed E-state index contributed by atoms with van der Waals surface area (Å²) in [6, 6.07) is 12.2. The largest absolute Gasteiger partial charge is 0.438 e. The summed E-state index contributed by atoms with van der Waals surface area (Å²) in [5, 5.41) is 19.2. The maximum absolute atomic E-state index is 11.9. The predicted molar refractivity (Wildman–Crippen MR) is 123 cm³/mol. The van der Waals surface area contributed by atoms with E-state index in [4.69, 9.17) is 14.8 Å². The van der Waals surface area contributed by atoms with E-state index in [1.54, 1.807) is 0 Å². The molecule has 5 rings (SSSR count). The van der Waals surface area contributed by atoms with E-state index in [0.29, 0.717) is 11.5 Å². The average molecular weight is 430 g/mol. The van der Waals surface area contributed by atoms with E-state index in [1.807, 2.05) is 45.0 Å². The first-order valence-electron chi connectivity index (χ1n) is 11.2. The minimum absolute atomic E-state index is 0.257. The van der Waals surface area contributed by atoms with Crippen LogP contribution in [0.1, 0.15) is 68.3 Å². The van der Waals surface area contributed by atoms with Gasteiger partial charge >= 0.3 is 6.09 Å². The average Bonchev–Trinajstić information content (AvgIpc) is 3.43. The van der Waals surface area contributed by atoms with Crippen LogP contribution in [-0.2, 0) is 10.3 Å². The van der Waals surface area contributed by atoms with E-state index in [1.165, 1.54) is 25.7 Å². The van der Waals surface area contributed by atoms with E-state index in [-0.39, 0.29) is 6.04 Å². The maximum Gasteiger partial charge on any atom is 0.412 e. The Balaban J connectivity index is 1.53. The molecule has 2 aliphatic heterocycles. The molecule has 1 N–H and O–H groups in total. The number of nitrogens with one attached hydrogen (secondary N) is 1. The number of rotatable bonds is 3. The maximum atomic E-state index is 11.9. The van der Waals surface area contributed by atoms with Crippen molar-refractivity contribution in [1.29, 1.82) is 5.26 Å². The molecule has 3 aliphatic rings. The van der Waals surface area contributed by atoms with Crippen molar-refractivity contribution in [3.05, 3.63) is 52.7 Å². The molecule has 2 aromatic rings. The Morgan fingerprint density at radius 3 is 2.72 bits per heavy atom. The molecular formula is C25H27N5O2. The Morgan fingerprint density at radius 2 is 2.00 bits per heavy atom. The minimum Gasteiger partial charge on any atom is -0.438 e. The molecule has 32 heavy (non-hydrogen) atoms. The number of nitriles is 1. The number of nitrogens with zero attached hydrogens (tertiary/aromatic N) is 4. The first-order valence-corrected chi connectivity index (χ1v) is 11.2. The molecule has 0 spiro atoms. The number of anilines is 2. The molecule has 0 saturated heterocycles. The summed E-state index contributed by atoms with van der Waals surface area (Å²) in [5.74, 6) is 1.37. The number of cyclic esters (lactones) is 1. The molecule has 1 unspecified atom stereocenters. The smallest absolute Gasteiger partial charge is 0.412 e. The summed E-state index contributed by atoms with van der Waals surface area (Å²) in [6.07, 6.45) is 5.34. The number of aryl methyl sites for hydroxylation is 1. The molecule has 1 aromatic carbocycles. The standard InChI is InChI=1S/C25H27N5O2/c1-15-18(14-26)9-11-23(27-15)30-22(16-6-4-5-7-16)13-21(29-30)17-8-10-20-19(12-17)25(2,3)32-24(31)28-20/h8-12,16,22H,4-7,13H2,1-3H3,(H,28,31). The third kappa shape index (κ3) is 3.50. The zero-order valence-electron chi connectivity index (χ0n) is 18.7. The van der Waals surface area contributed by atoms with Crippen molar-refractivity contribution >= 4 is 23.3 Å². The highest BCUT2D eigenvalue weighted by Gasteiger charge is 2.38. The Morgan fingerprint density at radius 1 is 1.22 bits per heavy atom. The third-order valence-corrected chi connectivity index (χ3v) is 6.90. The molecule has 1 atom stereocenters. The van der Waals surface area contributed by atoms with Crippen LogP contribution in [-0.4, -0.2) is 22.8 Å². The van der Waals surface area contributed by atoms with Crippen LogP contribution in [0.5, 0.6) is 0 Å². The molecular weight excluding hydrogens is 402 g/mol. The quantitative estimate of drug-likeness (QED) is 0.721. The fraction of sp³-hybridized carbons (Fsp3) is 0.440. The van der Waals surface area contributed by atoms with Gasteiger partial charge in [0.2, 0.25) is 0 Å². The lowest BCUT2D eigenvalue weighted by Gasteiger charge is -2.32. The van der Waals surface area contributed by atoms with Gasteiger partial charge in [0.15, 0.2) is 0 Å². The zero-order valence-corrected chi connectivity index (χ0v) is 18.7. The Labute approximate surface area is 188 Å². The van der Waals surface area contributed by atoms with Gasteiger partial charge in [-0.05, 0) is 69.4 Å². The fourth-order valence-corrected chi connectivity index (χ4v) is 5.18. The molecule has 1 aromatic heterocycles. The van der Waals surface area contributed by atoms with Crippen LogP contribution in [0.2, 0.25) is 0 Å². The first-order chi connectivity index (χ1) is 15.4. The Bertz CT molecular complexity index is 1160. The van der Waals surface area contributed by atoms with Crippen LogP contribution in [0.4, 0.5) is 16.3 Å². The molecule has 1 saturated carbocycles. The van der Waals surface area contributed by atoms with Crippen molar-refractivity contribution in [3.63, 3.8) is 0 Å². The molecule has 0 radical (unpaired) electrons. The van der Waals surface area contributed by atoms with E-state index in [2.05, 4.69) is 22.5 Å². The summed E-state index contributed by atoms with van der Waals surface area (Å²) >= 11 is 0. The summed E-state index contributed by atoms with van der Waals surface area (Å²) in [6.45, 7) is 5.68. The molecule has 0 bridgehead atoms. The normalized spacial score (nSPS) is 22.1. The van der Waals surface area contributed by atoms with Gasteiger partial charge in [-0.3, -0.25) is 5.32 Å². The number of amides is 1. The van der Waals surface area contributed by atoms with Crippen LogP contribution in [0.15, 0.2) is 35.4 Å². The predicted octanol–water partition coefficient (Wildman–Crippen LogP) is 5.23. The lowest BCUT2D eigenvalue weighted by Crippen LogP contribution is -2.35. The number of fused-ring (bicyclic) bond motifs is 1. The van der Waals surface area contributed by atoms with Gasteiger partial charge in [0.05, 0.1) is 28.7 Å². The molecule has 1 fully saturated rings. The van der Waals surface area contributed by atoms with E-state index < -0.39 is 11.7 Å². The summed E-state index contributed by atoms with van der Waals surface area (Å²) in [4.78, 5) is 16.6. The van der Waals surface area contributed by atoms with Gasteiger partial charge in [0.25, 0.3) is 0 Å². The topological polar surface area (TPSA) is 90.6 Å². The number of hydrazone groups is 1. The summed E-state index contributed by atoms with van der Waals surface area (Å²) < 4.78 is 5.51. The minimum atomic E-state index is -0.705. The van der Waals surface area contributed by atoms with Crippen molar-refractivity contribution in [2.75, 3.05) is 10.3 Å². The van der Waals surface area contributed by atoms with Crippen molar-refractivity contribution in [2.24, 2.45) is 11.0 Å². The second-order valence-corrected chi connectivity index (χ2v) is 9.41. The van der Waals surface area contributed by atoms with E-state index >= 15 is 0 Å². The second-order valence-electron chi connectivity index (χ2n) is 9.41. The van der Waals surface area contributed by atoms with Gasteiger partial charge < -0.3 is 4.74 Å². The second kappa shape index (κ2) is 7.63. The molecule has 1 amide bonds. The van der Waals surface area contributed by atoms with Crippen LogP contribution < -0.4 is 10.3 Å². The zero-order chi connectivity index (χ0) is 22.5. The highest BCUT2D eigenvalue weighted by molar-refractivity contribution is 6.04. The summed E-state index contributed by atoms with van der Waals surface area (Å²) in [5.41, 5.74) is 4.38. The van der Waals surface area contributed by atoms with Gasteiger partial charge in [-0.25, -0.2) is 14.8 Å². The number of aromatic nitrogens is 1. The fourth-order valence-electron chi connectivity index (χ4n) is 5.18. The van der Waals surface area contributed by atoms with Gasteiger partial charge in [0, 0.05) is 12.0 Å². The van der Waals surface area contributed by atoms with Gasteiger partial charge in [-0.2, -0.15) is 10.4 Å². The van der Waals surface area contributed by atoms with Crippen LogP contribution in [0, 0.1) is 24.2 Å². The van der Waals surface area contributed by atoms with E-state index in [9.17, 15) is 10.1 Å². The number of pyridine rings is 1. The van der Waals surface area contributed by atoms with Gasteiger partial charge in [-0.1, -0.05) is 18.9 Å². The van der Waals surface area contributed by atoms with Crippen molar-refractivity contribution in [3.8, 4) is 6.07 Å². The van der Waals surface area contributed by atoms with Crippen LogP contribution >= 0.6 is 0 Å². The lowest BCUT2D eigenvalue weighted by molar-refractivity contribution is 0.0420. The molecule has 1 aliphatic carbocycles.